The van der Waals surface area contributed by atoms with E-state index in [9.17, 15) is 79.5 Å². The summed E-state index contributed by atoms with van der Waals surface area (Å²) in [5.41, 5.74) is -6.56. The maximum atomic E-state index is 15.4. The lowest BCUT2D eigenvalue weighted by Gasteiger charge is -2.42. The van der Waals surface area contributed by atoms with Crippen LogP contribution in [0.15, 0.2) is 183 Å². The molecule has 3 unspecified atom stereocenters. The molecule has 10 heterocycles. The first-order chi connectivity index (χ1) is 59.0. The molecule has 0 saturated carbocycles. The van der Waals surface area contributed by atoms with E-state index in [1.165, 1.54) is 69.7 Å². The summed E-state index contributed by atoms with van der Waals surface area (Å²) in [7, 11) is 0. The highest BCUT2D eigenvalue weighted by molar-refractivity contribution is 6.30. The number of nitrogens with zero attached hydrogens (tertiary/aromatic N) is 7. The number of amides is 5. The molecular weight excluding hydrogens is 1730 g/mol. The first kappa shape index (κ1) is 93.4. The Labute approximate surface area is 723 Å². The molecule has 664 valence electrons. The van der Waals surface area contributed by atoms with Gasteiger partial charge in [0.25, 0.3) is 29.5 Å². The number of aliphatic hydroxyl groups excluding tert-OH is 3. The van der Waals surface area contributed by atoms with Crippen LogP contribution in [0.3, 0.4) is 0 Å². The predicted octanol–water partition coefficient (Wildman–Crippen LogP) is 18.4. The van der Waals surface area contributed by atoms with Gasteiger partial charge in [0, 0.05) is 119 Å². The molecule has 7 fully saturated rings. The highest BCUT2D eigenvalue weighted by Crippen LogP contribution is 2.51. The summed E-state index contributed by atoms with van der Waals surface area (Å²) >= 11 is 17.3. The molecule has 9 atom stereocenters. The number of aromatic nitrogens is 3. The van der Waals surface area contributed by atoms with Gasteiger partial charge in [-0.15, -0.1) is 0 Å². The fourth-order valence-electron chi connectivity index (χ4n) is 17.0. The number of piperidine rings is 4. The number of carbonyl (C=O) groups is 5. The lowest BCUT2D eigenvalue weighted by Crippen LogP contribution is -2.50. The normalized spacial score (nSPS) is 21.2. The van der Waals surface area contributed by atoms with E-state index in [0.29, 0.717) is 101 Å². The quantitative estimate of drug-likeness (QED) is 0.0260. The summed E-state index contributed by atoms with van der Waals surface area (Å²) in [6.45, 7) is 12.4. The molecule has 20 nitrogen and oxygen atoms in total. The standard InChI is InChI=1S/C23H21F5N2O2.2C22H21ClF3N3O2.C21H21ClF3N3O3/c1-12(30-15-4-5-16(30)11-17(31)10-15)23(27,28)18-8-13(2-6-19(18)24)22(32)29-14-3-7-20(25)21(26)9-14;2*1-12(29-15-3-4-16(29)11-17(30)10-15)22(25,26)18-8-13(2-5-19(18)24)21(31)28-14-6-7-27-20(23)9-14;1-2-20(31)6-9-28(10-7-20)19(30)21(24,25)15-11-13(3-4-16(15)23)18(29)27-14-5-8-26-17(22)12-14/h2-3,6-9,15-17,31H,1,4-5,10-11H2,(H,29,32);2*2,5-9,15-17,30H,1,3-4,10-11H2,(H,27,28,31);3-5,8,11-12,31H,2,6-7,9-10H2,1H3,(H,26,27,29)/t3*15-,16+,17?;. The van der Waals surface area contributed by atoms with E-state index in [1.807, 2.05) is 0 Å². The highest BCUT2D eigenvalue weighted by atomic mass is 35.5. The molecule has 7 saturated heterocycles. The van der Waals surface area contributed by atoms with Crippen LogP contribution >= 0.6 is 34.8 Å². The summed E-state index contributed by atoms with van der Waals surface area (Å²) in [6.07, 6.45) is 9.43. The lowest BCUT2D eigenvalue weighted by molar-refractivity contribution is -0.163. The number of halogens is 17. The molecule has 8 N–H and O–H groups in total. The van der Waals surface area contributed by atoms with E-state index in [2.05, 4.69) is 56.0 Å². The molecule has 8 aromatic rings. The molecule has 5 aromatic carbocycles. The van der Waals surface area contributed by atoms with Crippen molar-refractivity contribution < 1.29 is 106 Å². The molecule has 7 aliphatic rings. The number of anilines is 4. The van der Waals surface area contributed by atoms with Gasteiger partial charge < -0.3 is 61.3 Å². The second-order valence-corrected chi connectivity index (χ2v) is 32.7. The molecule has 5 amide bonds. The largest absolute Gasteiger partial charge is 0.393 e. The van der Waals surface area contributed by atoms with Gasteiger partial charge in [-0.05, 0) is 218 Å². The monoisotopic (exact) mass is 1810 g/mol. The van der Waals surface area contributed by atoms with Crippen molar-refractivity contribution in [2.24, 2.45) is 0 Å². The average Bonchev–Trinajstić information content (AvgIpc) is 1.68. The molecule has 15 rings (SSSR count). The summed E-state index contributed by atoms with van der Waals surface area (Å²) in [6, 6.07) is 20.2. The van der Waals surface area contributed by atoms with Gasteiger partial charge in [0.15, 0.2) is 11.6 Å². The SMILES string of the molecule is C=C(N1[C@@H]2CC[C@H]1CC(O)C2)C(F)(F)c1cc(C(=O)Nc2ccc(F)c(F)c2)ccc1F.C=C(N1[C@@H]2CC[C@H]1CC(O)C2)C(F)(F)c1cc(C(=O)Nc2ccnc(Cl)c2)ccc1F.C=C(N1[C@@H]2CC[C@H]1CC(O)C2)C(F)(F)c1cc(C(=O)Nc2ccnc(Cl)c2)ccc1F.CCC1(O)CCN(C(=O)C(F)(F)c2cc(C(=O)Nc3ccnc(Cl)c3)ccc2F)CC1. The Morgan fingerprint density at radius 3 is 0.904 bits per heavy atom. The van der Waals surface area contributed by atoms with Gasteiger partial charge >= 0.3 is 23.7 Å². The number of allylic oxidation sites excluding steroid dienone is 3. The van der Waals surface area contributed by atoms with Crippen LogP contribution in [0.1, 0.15) is 167 Å². The van der Waals surface area contributed by atoms with E-state index >= 15 is 26.3 Å². The number of carbonyl (C=O) groups excluding carboxylic acids is 5. The Morgan fingerprint density at radius 2 is 0.648 bits per heavy atom. The number of benzene rings is 5. The zero-order chi connectivity index (χ0) is 90.7. The number of alkyl halides is 8. The summed E-state index contributed by atoms with van der Waals surface area (Å²) in [5, 5.41) is 50.2. The van der Waals surface area contributed by atoms with Gasteiger partial charge in [-0.2, -0.15) is 35.1 Å². The van der Waals surface area contributed by atoms with Gasteiger partial charge in [-0.3, -0.25) is 24.0 Å². The topological polar surface area (TPSA) is 266 Å². The van der Waals surface area contributed by atoms with Crippen molar-refractivity contribution in [3.8, 4) is 0 Å². The van der Waals surface area contributed by atoms with Gasteiger partial charge in [0.05, 0.1) is 63.3 Å². The number of likely N-dealkylation sites (tertiary alicyclic amines) is 1. The van der Waals surface area contributed by atoms with Gasteiger partial charge in [-0.1, -0.05) is 61.5 Å². The molecular formula is C88H84Cl3F14N11O9. The van der Waals surface area contributed by atoms with Crippen molar-refractivity contribution in [1.29, 1.82) is 0 Å². The Morgan fingerprint density at radius 1 is 0.392 bits per heavy atom. The van der Waals surface area contributed by atoms with Gasteiger partial charge in [-0.25, -0.2) is 41.3 Å². The molecule has 0 radical (unpaired) electrons. The minimum atomic E-state index is -4.18. The maximum Gasteiger partial charge on any atom is 0.352 e. The molecule has 0 spiro atoms. The third kappa shape index (κ3) is 21.0. The average molecular weight is 1810 g/mol. The second-order valence-electron chi connectivity index (χ2n) is 31.6. The highest BCUT2D eigenvalue weighted by Gasteiger charge is 2.54. The molecule has 37 heteroatoms. The first-order valence-corrected chi connectivity index (χ1v) is 40.9. The third-order valence-corrected chi connectivity index (χ3v) is 24.1. The molecule has 3 aromatic heterocycles. The van der Waals surface area contributed by atoms with Crippen LogP contribution < -0.4 is 21.3 Å². The minimum absolute atomic E-state index is 0.0661. The molecule has 0 aliphatic carbocycles. The van der Waals surface area contributed by atoms with E-state index in [4.69, 9.17) is 34.8 Å². The summed E-state index contributed by atoms with van der Waals surface area (Å²) in [5.74, 6) is -27.1. The number of fused-ring (bicyclic) bond motifs is 6. The minimum Gasteiger partial charge on any atom is -0.393 e. The van der Waals surface area contributed by atoms with E-state index in [0.717, 1.165) is 89.8 Å². The van der Waals surface area contributed by atoms with Crippen molar-refractivity contribution in [1.82, 2.24) is 34.6 Å². The smallest absolute Gasteiger partial charge is 0.352 e. The Kier molecular flexibility index (Phi) is 28.6. The summed E-state index contributed by atoms with van der Waals surface area (Å²) in [4.78, 5) is 79.2. The number of nitrogens with one attached hydrogen (secondary N) is 4. The van der Waals surface area contributed by atoms with Crippen molar-refractivity contribution >= 4 is 87.1 Å². The third-order valence-electron chi connectivity index (χ3n) is 23.5. The number of rotatable bonds is 20. The van der Waals surface area contributed by atoms with E-state index in [1.54, 1.807) is 6.92 Å². The maximum absolute atomic E-state index is 15.4. The molecule has 7 aliphatic heterocycles. The van der Waals surface area contributed by atoms with Crippen LogP contribution in [-0.2, 0) is 28.5 Å². The number of hydrogen-bond acceptors (Lipinski definition) is 15. The Bertz CT molecular complexity index is 5240. The number of hydrogen-bond donors (Lipinski definition) is 8. The molecule has 125 heavy (non-hydrogen) atoms. The predicted molar refractivity (Wildman–Crippen MR) is 437 cm³/mol. The zero-order valence-electron chi connectivity index (χ0n) is 66.6. The van der Waals surface area contributed by atoms with Crippen LogP contribution in [0, 0.1) is 34.9 Å². The zero-order valence-corrected chi connectivity index (χ0v) is 68.8. The van der Waals surface area contributed by atoms with E-state index in [-0.39, 0.29) is 111 Å². The second kappa shape index (κ2) is 38.2. The van der Waals surface area contributed by atoms with Crippen LogP contribution in [0.5, 0.6) is 0 Å². The molecule has 6 bridgehead atoms. The van der Waals surface area contributed by atoms with Gasteiger partial charge in [0.2, 0.25) is 0 Å². The van der Waals surface area contributed by atoms with Crippen molar-refractivity contribution in [3.63, 3.8) is 0 Å². The van der Waals surface area contributed by atoms with E-state index < -0.39 is 151 Å². The van der Waals surface area contributed by atoms with Crippen LogP contribution in [0.25, 0.3) is 0 Å². The Balaban J connectivity index is 0.000000152. The number of aliphatic hydroxyl groups is 4. The van der Waals surface area contributed by atoms with Crippen LogP contribution in [0.4, 0.5) is 84.2 Å². The van der Waals surface area contributed by atoms with Crippen LogP contribution in [-0.4, -0.2) is 158 Å². The van der Waals surface area contributed by atoms with Crippen molar-refractivity contribution in [3.05, 3.63) is 278 Å². The Hall–Kier alpha value is -10.8. The fourth-order valence-corrected chi connectivity index (χ4v) is 17.5. The lowest BCUT2D eigenvalue weighted by atomic mass is 9.88. The fraction of sp³-hybridized carbons (Fsp3) is 0.364. The van der Waals surface area contributed by atoms with Gasteiger partial charge in [0.1, 0.15) is 38.7 Å². The van der Waals surface area contributed by atoms with Crippen molar-refractivity contribution in [2.45, 2.75) is 187 Å². The summed E-state index contributed by atoms with van der Waals surface area (Å²) < 4.78 is 206. The number of pyridine rings is 3. The van der Waals surface area contributed by atoms with Crippen molar-refractivity contribution in [2.75, 3.05) is 34.4 Å². The first-order valence-electron chi connectivity index (χ1n) is 39.7. The van der Waals surface area contributed by atoms with Crippen LogP contribution in [0.2, 0.25) is 15.5 Å².